The quantitative estimate of drug-likeness (QED) is 0.605. The third kappa shape index (κ3) is 3.43. The highest BCUT2D eigenvalue weighted by molar-refractivity contribution is 6.51. The summed E-state index contributed by atoms with van der Waals surface area (Å²) in [6.07, 6.45) is 16.5. The molecule has 0 saturated carbocycles. The molecular formula is C18H25NSi. The van der Waals surface area contributed by atoms with E-state index in [1.54, 1.807) is 10.9 Å². The molecule has 106 valence electrons. The maximum atomic E-state index is 2.83. The molecule has 0 N–H and O–H groups in total. The third-order valence-corrected chi connectivity index (χ3v) is 6.61. The maximum absolute atomic E-state index is 2.83. The lowest BCUT2D eigenvalue weighted by Gasteiger charge is -2.38. The van der Waals surface area contributed by atoms with Crippen molar-refractivity contribution in [1.29, 1.82) is 0 Å². The predicted molar refractivity (Wildman–Crippen MR) is 89.8 cm³/mol. The molecule has 0 radical (unpaired) electrons. The summed E-state index contributed by atoms with van der Waals surface area (Å²) in [4.78, 5) is 0. The van der Waals surface area contributed by atoms with Gasteiger partial charge in [-0.2, -0.15) is 0 Å². The van der Waals surface area contributed by atoms with Gasteiger partial charge in [0.2, 0.25) is 0 Å². The van der Waals surface area contributed by atoms with E-state index in [0.717, 1.165) is 6.04 Å². The molecule has 0 heterocycles. The Balaban J connectivity index is 1.79. The van der Waals surface area contributed by atoms with Gasteiger partial charge in [0.25, 0.3) is 0 Å². The van der Waals surface area contributed by atoms with Gasteiger partial charge in [-0.15, -0.1) is 0 Å². The second-order valence-electron chi connectivity index (χ2n) is 5.99. The van der Waals surface area contributed by atoms with E-state index in [0.29, 0.717) is 0 Å². The molecule has 0 aromatic heterocycles. The molecule has 1 aromatic rings. The van der Waals surface area contributed by atoms with Crippen LogP contribution in [0.3, 0.4) is 0 Å². The number of hydrogen-bond acceptors (Lipinski definition) is 1. The van der Waals surface area contributed by atoms with Crippen LogP contribution in [0.1, 0.15) is 44.9 Å². The van der Waals surface area contributed by atoms with Gasteiger partial charge in [0.1, 0.15) is 0 Å². The lowest BCUT2D eigenvalue weighted by molar-refractivity contribution is 0.350. The standard InChI is InChI=1S/C18H25NSi/c1-4-10-16(11-5-1)19(17-12-6-2-7-13-17)20-18-14-8-3-9-15-18/h1,3-4,8-9,12,14-16H,2,5-7,10-11,13,20H2. The summed E-state index contributed by atoms with van der Waals surface area (Å²) in [5.74, 6) is 0. The third-order valence-electron chi connectivity index (χ3n) is 4.51. The van der Waals surface area contributed by atoms with E-state index in [1.165, 1.54) is 44.9 Å². The Kier molecular flexibility index (Phi) is 4.75. The summed E-state index contributed by atoms with van der Waals surface area (Å²) < 4.78 is 2.83. The molecule has 3 rings (SSSR count). The highest BCUT2D eigenvalue weighted by Crippen LogP contribution is 2.26. The Labute approximate surface area is 125 Å². The Hall–Kier alpha value is -1.28. The van der Waals surface area contributed by atoms with Gasteiger partial charge < -0.3 is 4.57 Å². The lowest BCUT2D eigenvalue weighted by atomic mass is 9.99. The van der Waals surface area contributed by atoms with E-state index in [2.05, 4.69) is 53.1 Å². The number of hydrogen-bond donors (Lipinski definition) is 0. The van der Waals surface area contributed by atoms with E-state index < -0.39 is 0 Å². The van der Waals surface area contributed by atoms with Crippen molar-refractivity contribution in [3.63, 3.8) is 0 Å². The van der Waals surface area contributed by atoms with Crippen LogP contribution in [-0.2, 0) is 0 Å². The molecule has 0 bridgehead atoms. The van der Waals surface area contributed by atoms with E-state index in [4.69, 9.17) is 0 Å². The molecule has 0 amide bonds. The number of rotatable bonds is 4. The second kappa shape index (κ2) is 6.94. The summed E-state index contributed by atoms with van der Waals surface area (Å²) in [7, 11) is -0.356. The van der Waals surface area contributed by atoms with Gasteiger partial charge in [0.15, 0.2) is 9.68 Å². The molecule has 1 aromatic carbocycles. The van der Waals surface area contributed by atoms with Crippen LogP contribution in [0.25, 0.3) is 0 Å². The molecule has 1 nitrogen and oxygen atoms in total. The Bertz CT molecular complexity index is 477. The van der Waals surface area contributed by atoms with Crippen molar-refractivity contribution in [1.82, 2.24) is 4.57 Å². The normalized spacial score (nSPS) is 23.0. The highest BCUT2D eigenvalue weighted by Gasteiger charge is 2.22. The van der Waals surface area contributed by atoms with Crippen LogP contribution in [0, 0.1) is 0 Å². The zero-order chi connectivity index (χ0) is 13.6. The molecule has 0 fully saturated rings. The van der Waals surface area contributed by atoms with Gasteiger partial charge in [-0.1, -0.05) is 48.6 Å². The largest absolute Gasteiger partial charge is 0.399 e. The summed E-state index contributed by atoms with van der Waals surface area (Å²) >= 11 is 0. The predicted octanol–water partition coefficient (Wildman–Crippen LogP) is 3.26. The van der Waals surface area contributed by atoms with Crippen molar-refractivity contribution in [3.8, 4) is 0 Å². The summed E-state index contributed by atoms with van der Waals surface area (Å²) in [5, 5.41) is 1.58. The number of benzene rings is 1. The van der Waals surface area contributed by atoms with Crippen molar-refractivity contribution < 1.29 is 0 Å². The van der Waals surface area contributed by atoms with Crippen LogP contribution < -0.4 is 5.19 Å². The fourth-order valence-corrected chi connectivity index (χ4v) is 5.34. The zero-order valence-electron chi connectivity index (χ0n) is 12.3. The smallest absolute Gasteiger partial charge is 0.155 e. The van der Waals surface area contributed by atoms with Gasteiger partial charge in [-0.05, 0) is 50.1 Å². The number of nitrogens with zero attached hydrogens (tertiary/aromatic N) is 1. The molecule has 0 saturated heterocycles. The van der Waals surface area contributed by atoms with Crippen molar-refractivity contribution >= 4 is 14.9 Å². The monoisotopic (exact) mass is 283 g/mol. The average Bonchev–Trinajstić information content (AvgIpc) is 2.55. The fraction of sp³-hybridized carbons (Fsp3) is 0.444. The fourth-order valence-electron chi connectivity index (χ4n) is 3.39. The Morgan fingerprint density at radius 3 is 2.60 bits per heavy atom. The van der Waals surface area contributed by atoms with E-state index in [-0.39, 0.29) is 9.68 Å². The molecule has 2 aliphatic carbocycles. The van der Waals surface area contributed by atoms with Crippen LogP contribution in [-0.4, -0.2) is 20.3 Å². The molecule has 0 aliphatic heterocycles. The first-order valence-electron chi connectivity index (χ1n) is 8.08. The topological polar surface area (TPSA) is 3.24 Å². The lowest BCUT2D eigenvalue weighted by Crippen LogP contribution is -2.43. The van der Waals surface area contributed by atoms with Gasteiger partial charge in [-0.3, -0.25) is 0 Å². The molecule has 1 unspecified atom stereocenters. The van der Waals surface area contributed by atoms with Gasteiger partial charge in [0, 0.05) is 11.7 Å². The van der Waals surface area contributed by atoms with Crippen LogP contribution in [0.2, 0.25) is 0 Å². The molecule has 2 heteroatoms. The first-order valence-corrected chi connectivity index (χ1v) is 9.42. The summed E-state index contributed by atoms with van der Waals surface area (Å²) in [6, 6.07) is 11.9. The highest BCUT2D eigenvalue weighted by atomic mass is 28.2. The van der Waals surface area contributed by atoms with Crippen LogP contribution in [0.5, 0.6) is 0 Å². The van der Waals surface area contributed by atoms with Crippen molar-refractivity contribution in [2.45, 2.75) is 51.0 Å². The average molecular weight is 283 g/mol. The van der Waals surface area contributed by atoms with Gasteiger partial charge in [-0.25, -0.2) is 0 Å². The minimum atomic E-state index is -0.356. The summed E-state index contributed by atoms with van der Waals surface area (Å²) in [5.41, 5.74) is 1.66. The van der Waals surface area contributed by atoms with E-state index >= 15 is 0 Å². The SMILES string of the molecule is C1=CCC(N([SiH2]c2ccccc2)C2=CCCCC2)CC1. The Morgan fingerprint density at radius 1 is 1.00 bits per heavy atom. The molecule has 0 spiro atoms. The zero-order valence-corrected chi connectivity index (χ0v) is 13.7. The molecular weight excluding hydrogens is 258 g/mol. The van der Waals surface area contributed by atoms with Crippen molar-refractivity contribution in [2.75, 3.05) is 0 Å². The minimum Gasteiger partial charge on any atom is -0.399 e. The summed E-state index contributed by atoms with van der Waals surface area (Å²) in [6.45, 7) is 0. The van der Waals surface area contributed by atoms with Crippen LogP contribution in [0.15, 0.2) is 54.3 Å². The van der Waals surface area contributed by atoms with E-state index in [9.17, 15) is 0 Å². The number of allylic oxidation sites excluding steroid dienone is 3. The minimum absolute atomic E-state index is 0.356. The first-order chi connectivity index (χ1) is 9.93. The van der Waals surface area contributed by atoms with Crippen LogP contribution in [0.4, 0.5) is 0 Å². The van der Waals surface area contributed by atoms with Gasteiger partial charge >= 0.3 is 0 Å². The van der Waals surface area contributed by atoms with E-state index in [1.807, 2.05) is 0 Å². The van der Waals surface area contributed by atoms with Gasteiger partial charge in [0.05, 0.1) is 0 Å². The maximum Gasteiger partial charge on any atom is 0.155 e. The molecule has 20 heavy (non-hydrogen) atoms. The first kappa shape index (κ1) is 13.7. The molecule has 1 atom stereocenters. The van der Waals surface area contributed by atoms with Crippen LogP contribution >= 0.6 is 0 Å². The Morgan fingerprint density at radius 2 is 1.90 bits per heavy atom. The van der Waals surface area contributed by atoms with Crippen molar-refractivity contribution in [3.05, 3.63) is 54.3 Å². The second-order valence-corrected chi connectivity index (χ2v) is 7.81. The molecule has 2 aliphatic rings. The van der Waals surface area contributed by atoms with Crippen molar-refractivity contribution in [2.24, 2.45) is 0 Å².